The average molecular weight is 617 g/mol. The van der Waals surface area contributed by atoms with Crippen molar-refractivity contribution in [1.82, 2.24) is 14.4 Å². The second-order valence-corrected chi connectivity index (χ2v) is 11.5. The van der Waals surface area contributed by atoms with Crippen molar-refractivity contribution in [3.63, 3.8) is 0 Å². The molecule has 3 heterocycles. The van der Waals surface area contributed by atoms with E-state index in [1.807, 2.05) is 58.1 Å². The Bertz CT molecular complexity index is 1340. The summed E-state index contributed by atoms with van der Waals surface area (Å²) in [5, 5.41) is 0.639. The molecule has 2 saturated heterocycles. The van der Waals surface area contributed by atoms with E-state index in [0.29, 0.717) is 4.91 Å². The van der Waals surface area contributed by atoms with Gasteiger partial charge in [-0.2, -0.15) is 0 Å². The van der Waals surface area contributed by atoms with E-state index < -0.39 is 0 Å². The standard InChI is InChI=1S/C26H23Br2N3O3S/c27-19-6-4-17(5-7-19)14-31-25(33)23(35-26(31)34)12-18-15-30(22-9-8-20(28)13-21(18)22)16-24(32)29-10-2-1-3-11-29/h4-9,12-13,15H,1-3,10-11,14,16H2/b23-12-. The van der Waals surface area contributed by atoms with Crippen LogP contribution in [0.2, 0.25) is 0 Å². The number of benzene rings is 2. The second-order valence-electron chi connectivity index (χ2n) is 8.71. The van der Waals surface area contributed by atoms with E-state index in [0.717, 1.165) is 68.7 Å². The molecule has 9 heteroatoms. The number of hydrogen-bond acceptors (Lipinski definition) is 4. The predicted octanol–water partition coefficient (Wildman–Crippen LogP) is 6.42. The van der Waals surface area contributed by atoms with Gasteiger partial charge in [-0.1, -0.05) is 44.0 Å². The number of likely N-dealkylation sites (tertiary alicyclic amines) is 1. The summed E-state index contributed by atoms with van der Waals surface area (Å²) < 4.78 is 3.79. The van der Waals surface area contributed by atoms with E-state index in [-0.39, 0.29) is 30.1 Å². The fourth-order valence-corrected chi connectivity index (χ4v) is 5.94. The van der Waals surface area contributed by atoms with Crippen LogP contribution in [0.4, 0.5) is 4.79 Å². The highest BCUT2D eigenvalue weighted by atomic mass is 79.9. The smallest absolute Gasteiger partial charge is 0.293 e. The van der Waals surface area contributed by atoms with Crippen LogP contribution in [0.25, 0.3) is 17.0 Å². The molecule has 2 aliphatic rings. The highest BCUT2D eigenvalue weighted by Crippen LogP contribution is 2.35. The summed E-state index contributed by atoms with van der Waals surface area (Å²) in [6, 6.07) is 13.5. The van der Waals surface area contributed by atoms with Crippen LogP contribution in [0.5, 0.6) is 0 Å². The van der Waals surface area contributed by atoms with Gasteiger partial charge in [-0.05, 0) is 73.0 Å². The van der Waals surface area contributed by atoms with Crippen molar-refractivity contribution < 1.29 is 14.4 Å². The van der Waals surface area contributed by atoms with Gasteiger partial charge in [0.15, 0.2) is 0 Å². The molecule has 0 spiro atoms. The predicted molar refractivity (Wildman–Crippen MR) is 146 cm³/mol. The number of piperidine rings is 1. The third-order valence-corrected chi connectivity index (χ3v) is 8.23. The Labute approximate surface area is 224 Å². The molecule has 5 rings (SSSR count). The number of rotatable bonds is 5. The number of halogens is 2. The van der Waals surface area contributed by atoms with E-state index in [2.05, 4.69) is 31.9 Å². The lowest BCUT2D eigenvalue weighted by molar-refractivity contribution is -0.132. The number of fused-ring (bicyclic) bond motifs is 1. The SMILES string of the molecule is O=C(Cn1cc(/C=C2\SC(=O)N(Cc3ccc(Br)cc3)C2=O)c2cc(Br)ccc21)N1CCCCC1. The van der Waals surface area contributed by atoms with Gasteiger partial charge < -0.3 is 9.47 Å². The summed E-state index contributed by atoms with van der Waals surface area (Å²) >= 11 is 7.89. The van der Waals surface area contributed by atoms with Gasteiger partial charge in [0.25, 0.3) is 11.1 Å². The van der Waals surface area contributed by atoms with Crippen LogP contribution < -0.4 is 0 Å². The molecule has 1 aromatic heterocycles. The maximum atomic E-state index is 13.1. The number of carbonyl (C=O) groups is 3. The number of hydrogen-bond donors (Lipinski definition) is 0. The molecular formula is C26H23Br2N3O3S. The Morgan fingerprint density at radius 2 is 1.69 bits per heavy atom. The third kappa shape index (κ3) is 5.27. The lowest BCUT2D eigenvalue weighted by atomic mass is 10.1. The van der Waals surface area contributed by atoms with Gasteiger partial charge in [0.2, 0.25) is 5.91 Å². The molecule has 0 saturated carbocycles. The monoisotopic (exact) mass is 615 g/mol. The minimum atomic E-state index is -0.303. The Morgan fingerprint density at radius 1 is 0.971 bits per heavy atom. The van der Waals surface area contributed by atoms with Gasteiger partial charge in [0, 0.05) is 44.7 Å². The highest BCUT2D eigenvalue weighted by Gasteiger charge is 2.35. The summed E-state index contributed by atoms with van der Waals surface area (Å²) in [4.78, 5) is 42.3. The Hall–Kier alpha value is -2.36. The van der Waals surface area contributed by atoms with Gasteiger partial charge in [-0.3, -0.25) is 19.3 Å². The number of amides is 3. The normalized spacial score (nSPS) is 17.7. The zero-order chi connectivity index (χ0) is 24.5. The summed E-state index contributed by atoms with van der Waals surface area (Å²) in [7, 11) is 0. The highest BCUT2D eigenvalue weighted by molar-refractivity contribution is 9.10. The van der Waals surface area contributed by atoms with Crippen molar-refractivity contribution in [3.8, 4) is 0 Å². The molecule has 2 fully saturated rings. The van der Waals surface area contributed by atoms with Crippen molar-refractivity contribution in [1.29, 1.82) is 0 Å². The average Bonchev–Trinajstić information content (AvgIpc) is 3.32. The van der Waals surface area contributed by atoms with Crippen molar-refractivity contribution in [2.45, 2.75) is 32.4 Å². The molecule has 6 nitrogen and oxygen atoms in total. The van der Waals surface area contributed by atoms with Crippen LogP contribution in [0.15, 0.2) is 62.5 Å². The minimum Gasteiger partial charge on any atom is -0.341 e. The van der Waals surface area contributed by atoms with Crippen LogP contribution in [0, 0.1) is 0 Å². The first-order chi connectivity index (χ1) is 16.9. The van der Waals surface area contributed by atoms with Crippen molar-refractivity contribution in [3.05, 3.63) is 73.6 Å². The van der Waals surface area contributed by atoms with E-state index in [1.165, 1.54) is 11.3 Å². The summed E-state index contributed by atoms with van der Waals surface area (Å²) in [6.45, 7) is 2.09. The van der Waals surface area contributed by atoms with Crippen molar-refractivity contribution in [2.24, 2.45) is 0 Å². The molecule has 180 valence electrons. The summed E-state index contributed by atoms with van der Waals surface area (Å²) in [5.74, 6) is -0.200. The molecular weight excluding hydrogens is 594 g/mol. The maximum absolute atomic E-state index is 13.1. The number of imide groups is 1. The lowest BCUT2D eigenvalue weighted by Crippen LogP contribution is -2.37. The fraction of sp³-hybridized carbons (Fsp3) is 0.269. The molecule has 3 amide bonds. The quantitative estimate of drug-likeness (QED) is 0.311. The van der Waals surface area contributed by atoms with Crippen LogP contribution in [0.3, 0.4) is 0 Å². The van der Waals surface area contributed by atoms with Gasteiger partial charge in [-0.25, -0.2) is 0 Å². The Kier molecular flexibility index (Phi) is 7.18. The van der Waals surface area contributed by atoms with Gasteiger partial charge in [0.1, 0.15) is 6.54 Å². The Morgan fingerprint density at radius 3 is 2.43 bits per heavy atom. The first-order valence-corrected chi connectivity index (χ1v) is 13.9. The number of carbonyl (C=O) groups excluding carboxylic acids is 3. The molecule has 2 aromatic carbocycles. The maximum Gasteiger partial charge on any atom is 0.293 e. The van der Waals surface area contributed by atoms with Crippen LogP contribution in [0.1, 0.15) is 30.4 Å². The molecule has 0 radical (unpaired) electrons. The number of aromatic nitrogens is 1. The van der Waals surface area contributed by atoms with E-state index in [4.69, 9.17) is 0 Å². The number of thioether (sulfide) groups is 1. The molecule has 0 aliphatic carbocycles. The second kappa shape index (κ2) is 10.3. The molecule has 0 unspecified atom stereocenters. The van der Waals surface area contributed by atoms with Crippen LogP contribution >= 0.6 is 43.6 Å². The molecule has 35 heavy (non-hydrogen) atoms. The van der Waals surface area contributed by atoms with Crippen molar-refractivity contribution in [2.75, 3.05) is 13.1 Å². The Balaban J connectivity index is 1.43. The molecule has 0 bridgehead atoms. The van der Waals surface area contributed by atoms with E-state index >= 15 is 0 Å². The topological polar surface area (TPSA) is 62.6 Å². The van der Waals surface area contributed by atoms with E-state index in [1.54, 1.807) is 6.08 Å². The largest absolute Gasteiger partial charge is 0.341 e. The lowest BCUT2D eigenvalue weighted by Gasteiger charge is -2.27. The van der Waals surface area contributed by atoms with Gasteiger partial charge >= 0.3 is 0 Å². The zero-order valence-corrected chi connectivity index (χ0v) is 22.9. The minimum absolute atomic E-state index is 0.103. The third-order valence-electron chi connectivity index (χ3n) is 6.30. The van der Waals surface area contributed by atoms with Gasteiger partial charge in [-0.15, -0.1) is 0 Å². The number of nitrogens with zero attached hydrogens (tertiary/aromatic N) is 3. The summed E-state index contributed by atoms with van der Waals surface area (Å²) in [5.41, 5.74) is 2.61. The first kappa shape index (κ1) is 24.3. The zero-order valence-electron chi connectivity index (χ0n) is 18.9. The van der Waals surface area contributed by atoms with Crippen molar-refractivity contribution >= 4 is 77.7 Å². The van der Waals surface area contributed by atoms with Crippen LogP contribution in [-0.2, 0) is 22.7 Å². The molecule has 0 atom stereocenters. The van der Waals surface area contributed by atoms with Gasteiger partial charge in [0.05, 0.1) is 11.4 Å². The van der Waals surface area contributed by atoms with Crippen LogP contribution in [-0.4, -0.2) is 44.5 Å². The fourth-order valence-electron chi connectivity index (χ4n) is 4.48. The molecule has 2 aliphatic heterocycles. The first-order valence-electron chi connectivity index (χ1n) is 11.4. The summed E-state index contributed by atoms with van der Waals surface area (Å²) in [6.07, 6.45) is 6.94. The molecule has 3 aromatic rings. The van der Waals surface area contributed by atoms with E-state index in [9.17, 15) is 14.4 Å². The molecule has 0 N–H and O–H groups in total.